The molecule has 10 heavy (non-hydrogen) atoms. The summed E-state index contributed by atoms with van der Waals surface area (Å²) in [6.45, 7) is 4.91. The molecule has 0 aliphatic rings. The number of carbonyl (C=O) groups excluding carboxylic acids is 1. The van der Waals surface area contributed by atoms with Crippen molar-refractivity contribution in [2.75, 3.05) is 6.54 Å². The molecule has 0 aliphatic carbocycles. The van der Waals surface area contributed by atoms with Crippen LogP contribution in [-0.4, -0.2) is 18.7 Å². The van der Waals surface area contributed by atoms with Gasteiger partial charge < -0.3 is 5.73 Å². The van der Waals surface area contributed by atoms with Gasteiger partial charge in [0.1, 0.15) is 0 Å². The van der Waals surface area contributed by atoms with Gasteiger partial charge in [-0.25, -0.2) is 0 Å². The van der Waals surface area contributed by atoms with Crippen LogP contribution in [0, 0.1) is 5.92 Å². The number of amides is 1. The first-order valence-corrected chi connectivity index (χ1v) is 3.39. The third-order valence-corrected chi connectivity index (χ3v) is 0.892. The molecule has 0 saturated carbocycles. The van der Waals surface area contributed by atoms with Gasteiger partial charge in [0.2, 0.25) is 5.91 Å². The number of carbonyl (C=O) groups is 1. The number of hydrogen-bond acceptors (Lipinski definition) is 2. The van der Waals surface area contributed by atoms with Gasteiger partial charge >= 0.3 is 0 Å². The van der Waals surface area contributed by atoms with Crippen LogP contribution in [0.1, 0.15) is 20.3 Å². The topological polar surface area (TPSA) is 55.4 Å². The summed E-state index contributed by atoms with van der Waals surface area (Å²) < 4.78 is 0. The second kappa shape index (κ2) is 4.97. The molecule has 0 heterocycles. The van der Waals surface area contributed by atoms with Crippen molar-refractivity contribution in [3.05, 3.63) is 0 Å². The van der Waals surface area contributed by atoms with Crippen molar-refractivity contribution in [3.8, 4) is 0 Å². The maximum absolute atomic E-state index is 10.2. The van der Waals surface area contributed by atoms with Crippen LogP contribution >= 0.6 is 0 Å². The zero-order chi connectivity index (χ0) is 7.98. The fourth-order valence-electron chi connectivity index (χ4n) is 0.440. The lowest BCUT2D eigenvalue weighted by molar-refractivity contribution is -0.116. The highest BCUT2D eigenvalue weighted by Crippen LogP contribution is 1.90. The van der Waals surface area contributed by atoms with Crippen LogP contribution in [0.4, 0.5) is 0 Å². The summed E-state index contributed by atoms with van der Waals surface area (Å²) in [5.41, 5.74) is 4.88. The Morgan fingerprint density at radius 3 is 2.70 bits per heavy atom. The fourth-order valence-corrected chi connectivity index (χ4v) is 0.440. The summed E-state index contributed by atoms with van der Waals surface area (Å²) in [7, 11) is 0. The molecule has 3 nitrogen and oxygen atoms in total. The summed E-state index contributed by atoms with van der Waals surface area (Å²) >= 11 is 0. The Labute approximate surface area is 61.3 Å². The monoisotopic (exact) mass is 142 g/mol. The van der Waals surface area contributed by atoms with Crippen molar-refractivity contribution >= 4 is 12.1 Å². The molecule has 0 unspecified atom stereocenters. The van der Waals surface area contributed by atoms with Gasteiger partial charge in [-0.3, -0.25) is 9.79 Å². The van der Waals surface area contributed by atoms with Crippen LogP contribution < -0.4 is 5.73 Å². The van der Waals surface area contributed by atoms with Crippen LogP contribution in [0.25, 0.3) is 0 Å². The molecule has 1 amide bonds. The van der Waals surface area contributed by atoms with Crippen molar-refractivity contribution in [3.63, 3.8) is 0 Å². The van der Waals surface area contributed by atoms with Crippen LogP contribution in [-0.2, 0) is 4.79 Å². The second-order valence-electron chi connectivity index (χ2n) is 2.61. The molecule has 0 aromatic rings. The standard InChI is InChI=1S/C7H14N2O/c1-6(2)5-9-4-3-7(8)10/h4,6H,3,5H2,1-2H3,(H2,8,10). The molecule has 0 radical (unpaired) electrons. The second-order valence-corrected chi connectivity index (χ2v) is 2.61. The average molecular weight is 142 g/mol. The van der Waals surface area contributed by atoms with E-state index in [-0.39, 0.29) is 12.3 Å². The average Bonchev–Trinajstić information content (AvgIpc) is 1.79. The Balaban J connectivity index is 3.29. The summed E-state index contributed by atoms with van der Waals surface area (Å²) in [5, 5.41) is 0. The lowest BCUT2D eigenvalue weighted by Crippen LogP contribution is -2.10. The van der Waals surface area contributed by atoms with Crippen molar-refractivity contribution in [2.24, 2.45) is 16.6 Å². The molecule has 0 aromatic heterocycles. The maximum Gasteiger partial charge on any atom is 0.222 e. The molecule has 0 fully saturated rings. The first-order chi connectivity index (χ1) is 4.63. The lowest BCUT2D eigenvalue weighted by Gasteiger charge is -1.95. The van der Waals surface area contributed by atoms with E-state index in [4.69, 9.17) is 5.73 Å². The summed E-state index contributed by atoms with van der Waals surface area (Å²) in [6, 6.07) is 0. The maximum atomic E-state index is 10.2. The summed E-state index contributed by atoms with van der Waals surface area (Å²) in [6.07, 6.45) is 1.83. The Morgan fingerprint density at radius 1 is 1.70 bits per heavy atom. The van der Waals surface area contributed by atoms with E-state index in [1.807, 2.05) is 0 Å². The molecular formula is C7H14N2O. The van der Waals surface area contributed by atoms with Gasteiger partial charge in [0.05, 0.1) is 6.42 Å². The predicted molar refractivity (Wildman–Crippen MR) is 42.0 cm³/mol. The highest BCUT2D eigenvalue weighted by molar-refractivity contribution is 5.88. The van der Waals surface area contributed by atoms with E-state index >= 15 is 0 Å². The van der Waals surface area contributed by atoms with Gasteiger partial charge in [-0.1, -0.05) is 13.8 Å². The molecule has 0 bridgehead atoms. The van der Waals surface area contributed by atoms with Crippen LogP contribution in [0.2, 0.25) is 0 Å². The molecule has 0 atom stereocenters. The third-order valence-electron chi connectivity index (χ3n) is 0.892. The van der Waals surface area contributed by atoms with Crippen LogP contribution in [0.3, 0.4) is 0 Å². The highest BCUT2D eigenvalue weighted by Gasteiger charge is 1.89. The SMILES string of the molecule is CC(C)CN=CCC(N)=O. The Hall–Kier alpha value is -0.860. The van der Waals surface area contributed by atoms with Gasteiger partial charge in [-0.2, -0.15) is 0 Å². The number of aliphatic imine (C=N–C) groups is 1. The van der Waals surface area contributed by atoms with Gasteiger partial charge in [-0.15, -0.1) is 0 Å². The first-order valence-electron chi connectivity index (χ1n) is 3.39. The molecule has 0 spiro atoms. The molecule has 0 rings (SSSR count). The van der Waals surface area contributed by atoms with Gasteiger partial charge in [0, 0.05) is 12.8 Å². The Bertz CT molecular complexity index is 130. The van der Waals surface area contributed by atoms with Gasteiger partial charge in [-0.05, 0) is 5.92 Å². The Morgan fingerprint density at radius 2 is 2.30 bits per heavy atom. The zero-order valence-corrected chi connectivity index (χ0v) is 6.50. The van der Waals surface area contributed by atoms with Crippen molar-refractivity contribution < 1.29 is 4.79 Å². The minimum atomic E-state index is -0.326. The molecule has 0 aliphatic heterocycles. The first kappa shape index (κ1) is 9.14. The molecule has 3 heteroatoms. The lowest BCUT2D eigenvalue weighted by atomic mass is 10.2. The van der Waals surface area contributed by atoms with Gasteiger partial charge in [0.25, 0.3) is 0 Å². The highest BCUT2D eigenvalue weighted by atomic mass is 16.1. The van der Waals surface area contributed by atoms with Crippen molar-refractivity contribution in [2.45, 2.75) is 20.3 Å². The molecule has 0 aromatic carbocycles. The third kappa shape index (κ3) is 7.14. The largest absolute Gasteiger partial charge is 0.369 e. The molecular weight excluding hydrogens is 128 g/mol. The van der Waals surface area contributed by atoms with E-state index in [0.717, 1.165) is 6.54 Å². The van der Waals surface area contributed by atoms with Crippen molar-refractivity contribution in [1.29, 1.82) is 0 Å². The Kier molecular flexibility index (Phi) is 4.54. The number of nitrogens with two attached hydrogens (primary N) is 1. The zero-order valence-electron chi connectivity index (χ0n) is 6.50. The van der Waals surface area contributed by atoms with E-state index < -0.39 is 0 Å². The normalized spacial score (nSPS) is 11.1. The summed E-state index contributed by atoms with van der Waals surface area (Å²) in [4.78, 5) is 14.2. The molecule has 0 saturated heterocycles. The van der Waals surface area contributed by atoms with E-state index in [1.165, 1.54) is 0 Å². The number of rotatable bonds is 4. The van der Waals surface area contributed by atoms with Gasteiger partial charge in [0.15, 0.2) is 0 Å². The minimum Gasteiger partial charge on any atom is -0.369 e. The number of primary amides is 1. The van der Waals surface area contributed by atoms with E-state index in [2.05, 4.69) is 18.8 Å². The smallest absolute Gasteiger partial charge is 0.222 e. The number of nitrogens with zero attached hydrogens (tertiary/aromatic N) is 1. The quantitative estimate of drug-likeness (QED) is 0.574. The summed E-state index contributed by atoms with van der Waals surface area (Å²) in [5.74, 6) is 0.219. The fraction of sp³-hybridized carbons (Fsp3) is 0.714. The molecule has 58 valence electrons. The van der Waals surface area contributed by atoms with Crippen molar-refractivity contribution in [1.82, 2.24) is 0 Å². The van der Waals surface area contributed by atoms with E-state index in [0.29, 0.717) is 5.92 Å². The molecule has 2 N–H and O–H groups in total. The van der Waals surface area contributed by atoms with E-state index in [1.54, 1.807) is 6.21 Å². The predicted octanol–water partition coefficient (Wildman–Crippen LogP) is 0.589. The van der Waals surface area contributed by atoms with E-state index in [9.17, 15) is 4.79 Å². The number of hydrogen-bond donors (Lipinski definition) is 1. The van der Waals surface area contributed by atoms with Crippen LogP contribution in [0.15, 0.2) is 4.99 Å². The van der Waals surface area contributed by atoms with Crippen LogP contribution in [0.5, 0.6) is 0 Å². The minimum absolute atomic E-state index is 0.257.